The average molecular weight is 337 g/mol. The van der Waals surface area contributed by atoms with Gasteiger partial charge in [-0.15, -0.1) is 10.2 Å². The summed E-state index contributed by atoms with van der Waals surface area (Å²) in [4.78, 5) is 15.1. The Kier molecular flexibility index (Phi) is 3.08. The van der Waals surface area contributed by atoms with Gasteiger partial charge < -0.3 is 4.98 Å². The quantitative estimate of drug-likeness (QED) is 0.753. The Morgan fingerprint density at radius 1 is 1.37 bits per heavy atom. The van der Waals surface area contributed by atoms with Crippen LogP contribution < -0.4 is 5.32 Å². The number of H-pyrrole nitrogens is 1. The number of aryl methyl sites for hydroxylation is 1. The number of halogens is 1. The molecular formula is C12H9BrN4OS. The number of carbonyl (C=O) groups excluding carboxylic acids is 1. The van der Waals surface area contributed by atoms with E-state index in [9.17, 15) is 4.79 Å². The van der Waals surface area contributed by atoms with Gasteiger partial charge in [0.25, 0.3) is 5.91 Å². The van der Waals surface area contributed by atoms with Gasteiger partial charge in [-0.25, -0.2) is 0 Å². The SMILES string of the molecule is Cc1nnc(NC(=O)c2cc3cc(Br)ccc3[nH]2)s1. The Labute approximate surface area is 121 Å². The van der Waals surface area contributed by atoms with E-state index < -0.39 is 0 Å². The molecule has 0 radical (unpaired) electrons. The smallest absolute Gasteiger partial charge is 0.273 e. The number of hydrogen-bond acceptors (Lipinski definition) is 4. The van der Waals surface area contributed by atoms with E-state index in [0.717, 1.165) is 20.4 Å². The van der Waals surface area contributed by atoms with Crippen LogP contribution in [0.25, 0.3) is 10.9 Å². The normalized spacial score (nSPS) is 10.8. The Hall–Kier alpha value is -1.73. The van der Waals surface area contributed by atoms with Gasteiger partial charge in [0.1, 0.15) is 10.7 Å². The number of aromatic amines is 1. The van der Waals surface area contributed by atoms with Gasteiger partial charge in [0.2, 0.25) is 5.13 Å². The molecule has 19 heavy (non-hydrogen) atoms. The van der Waals surface area contributed by atoms with Crippen molar-refractivity contribution in [3.8, 4) is 0 Å². The average Bonchev–Trinajstić information content (AvgIpc) is 2.95. The number of nitrogens with zero attached hydrogens (tertiary/aromatic N) is 2. The van der Waals surface area contributed by atoms with E-state index in [-0.39, 0.29) is 5.91 Å². The summed E-state index contributed by atoms with van der Waals surface area (Å²) < 4.78 is 0.978. The summed E-state index contributed by atoms with van der Waals surface area (Å²) in [6.45, 7) is 1.84. The first kappa shape index (κ1) is 12.3. The van der Waals surface area contributed by atoms with Crippen molar-refractivity contribution in [2.45, 2.75) is 6.92 Å². The number of aromatic nitrogens is 3. The molecule has 0 bridgehead atoms. The van der Waals surface area contributed by atoms with Crippen molar-refractivity contribution in [2.24, 2.45) is 0 Å². The zero-order valence-electron chi connectivity index (χ0n) is 9.90. The molecule has 0 spiro atoms. The predicted molar refractivity (Wildman–Crippen MR) is 78.6 cm³/mol. The van der Waals surface area contributed by atoms with Gasteiger partial charge >= 0.3 is 0 Å². The molecule has 1 aromatic carbocycles. The molecule has 0 aliphatic carbocycles. The summed E-state index contributed by atoms with van der Waals surface area (Å²) in [5, 5.41) is 12.7. The summed E-state index contributed by atoms with van der Waals surface area (Å²) >= 11 is 4.75. The fraction of sp³-hybridized carbons (Fsp3) is 0.0833. The number of fused-ring (bicyclic) bond motifs is 1. The third-order valence-corrected chi connectivity index (χ3v) is 3.82. The van der Waals surface area contributed by atoms with Crippen LogP contribution in [-0.2, 0) is 0 Å². The zero-order chi connectivity index (χ0) is 13.4. The van der Waals surface area contributed by atoms with Crippen LogP contribution in [0.2, 0.25) is 0 Å². The highest BCUT2D eigenvalue weighted by Gasteiger charge is 2.12. The Bertz CT molecular complexity index is 764. The number of benzene rings is 1. The summed E-state index contributed by atoms with van der Waals surface area (Å²) in [7, 11) is 0. The molecule has 7 heteroatoms. The first-order chi connectivity index (χ1) is 9.11. The molecule has 0 unspecified atom stereocenters. The van der Waals surface area contributed by atoms with Gasteiger partial charge in [-0.2, -0.15) is 0 Å². The van der Waals surface area contributed by atoms with Crippen LogP contribution >= 0.6 is 27.3 Å². The van der Waals surface area contributed by atoms with Crippen LogP contribution in [-0.4, -0.2) is 21.1 Å². The fourth-order valence-corrected chi connectivity index (χ4v) is 2.70. The molecule has 0 fully saturated rings. The molecule has 2 aromatic heterocycles. The van der Waals surface area contributed by atoms with E-state index in [1.807, 2.05) is 31.2 Å². The lowest BCUT2D eigenvalue weighted by molar-refractivity contribution is 0.102. The standard InChI is InChI=1S/C12H9BrN4OS/c1-6-16-17-12(19-6)15-11(18)10-5-7-4-8(13)2-3-9(7)14-10/h2-5,14H,1H3,(H,15,17,18). The van der Waals surface area contributed by atoms with Gasteiger partial charge in [-0.05, 0) is 31.2 Å². The van der Waals surface area contributed by atoms with E-state index in [2.05, 4.69) is 36.4 Å². The van der Waals surface area contributed by atoms with Crippen LogP contribution in [0.3, 0.4) is 0 Å². The van der Waals surface area contributed by atoms with Crippen molar-refractivity contribution in [1.29, 1.82) is 0 Å². The minimum Gasteiger partial charge on any atom is -0.351 e. The van der Waals surface area contributed by atoms with E-state index in [0.29, 0.717) is 10.8 Å². The molecule has 96 valence electrons. The number of hydrogen-bond donors (Lipinski definition) is 2. The van der Waals surface area contributed by atoms with Crippen molar-refractivity contribution < 1.29 is 4.79 Å². The molecule has 2 heterocycles. The number of carbonyl (C=O) groups is 1. The number of nitrogens with one attached hydrogen (secondary N) is 2. The third-order valence-electron chi connectivity index (χ3n) is 2.57. The molecular weight excluding hydrogens is 328 g/mol. The Morgan fingerprint density at radius 2 is 2.21 bits per heavy atom. The second-order valence-electron chi connectivity index (χ2n) is 3.99. The largest absolute Gasteiger partial charge is 0.351 e. The number of rotatable bonds is 2. The van der Waals surface area contributed by atoms with Gasteiger partial charge in [0.15, 0.2) is 0 Å². The van der Waals surface area contributed by atoms with Crippen LogP contribution in [0.4, 0.5) is 5.13 Å². The summed E-state index contributed by atoms with van der Waals surface area (Å²) in [6, 6.07) is 7.61. The summed E-state index contributed by atoms with van der Waals surface area (Å²) in [6.07, 6.45) is 0. The molecule has 0 aliphatic rings. The highest BCUT2D eigenvalue weighted by atomic mass is 79.9. The number of anilines is 1. The van der Waals surface area contributed by atoms with Crippen molar-refractivity contribution in [2.75, 3.05) is 5.32 Å². The molecule has 1 amide bonds. The van der Waals surface area contributed by atoms with E-state index in [1.165, 1.54) is 11.3 Å². The van der Waals surface area contributed by atoms with Crippen molar-refractivity contribution in [1.82, 2.24) is 15.2 Å². The summed E-state index contributed by atoms with van der Waals surface area (Å²) in [5.74, 6) is -0.219. The van der Waals surface area contributed by atoms with E-state index in [4.69, 9.17) is 0 Å². The topological polar surface area (TPSA) is 70.7 Å². The maximum absolute atomic E-state index is 12.1. The van der Waals surface area contributed by atoms with Gasteiger partial charge in [0.05, 0.1) is 0 Å². The number of amides is 1. The van der Waals surface area contributed by atoms with Crippen LogP contribution in [0, 0.1) is 6.92 Å². The maximum atomic E-state index is 12.1. The molecule has 5 nitrogen and oxygen atoms in total. The van der Waals surface area contributed by atoms with Crippen LogP contribution in [0.15, 0.2) is 28.7 Å². The Morgan fingerprint density at radius 3 is 2.95 bits per heavy atom. The molecule has 0 saturated carbocycles. The zero-order valence-corrected chi connectivity index (χ0v) is 12.3. The highest BCUT2D eigenvalue weighted by molar-refractivity contribution is 9.10. The lowest BCUT2D eigenvalue weighted by Gasteiger charge is -1.96. The first-order valence-corrected chi connectivity index (χ1v) is 7.12. The predicted octanol–water partition coefficient (Wildman–Crippen LogP) is 3.34. The second-order valence-corrected chi connectivity index (χ2v) is 6.09. The Balaban J connectivity index is 1.89. The van der Waals surface area contributed by atoms with Crippen LogP contribution in [0.5, 0.6) is 0 Å². The first-order valence-electron chi connectivity index (χ1n) is 5.51. The lowest BCUT2D eigenvalue weighted by Crippen LogP contribution is -2.11. The minimum atomic E-state index is -0.219. The monoisotopic (exact) mass is 336 g/mol. The van der Waals surface area contributed by atoms with Gasteiger partial charge in [0, 0.05) is 15.4 Å². The van der Waals surface area contributed by atoms with Crippen molar-refractivity contribution in [3.63, 3.8) is 0 Å². The fourth-order valence-electron chi connectivity index (χ4n) is 1.74. The summed E-state index contributed by atoms with van der Waals surface area (Å²) in [5.41, 5.74) is 1.42. The molecule has 3 rings (SSSR count). The lowest BCUT2D eigenvalue weighted by atomic mass is 10.2. The molecule has 3 aromatic rings. The molecule has 2 N–H and O–H groups in total. The van der Waals surface area contributed by atoms with E-state index in [1.54, 1.807) is 0 Å². The second kappa shape index (κ2) is 4.75. The third kappa shape index (κ3) is 2.52. The molecule has 0 atom stereocenters. The van der Waals surface area contributed by atoms with Gasteiger partial charge in [-0.3, -0.25) is 10.1 Å². The van der Waals surface area contributed by atoms with Crippen molar-refractivity contribution >= 4 is 49.2 Å². The van der Waals surface area contributed by atoms with E-state index >= 15 is 0 Å². The highest BCUT2D eigenvalue weighted by Crippen LogP contribution is 2.21. The maximum Gasteiger partial charge on any atom is 0.273 e. The molecule has 0 aliphatic heterocycles. The van der Waals surface area contributed by atoms with Gasteiger partial charge in [-0.1, -0.05) is 27.3 Å². The minimum absolute atomic E-state index is 0.219. The van der Waals surface area contributed by atoms with Crippen molar-refractivity contribution in [3.05, 3.63) is 39.4 Å². The molecule has 0 saturated heterocycles. The van der Waals surface area contributed by atoms with Crippen LogP contribution in [0.1, 0.15) is 15.5 Å².